The number of anilines is 1. The lowest BCUT2D eigenvalue weighted by Crippen LogP contribution is -2.58. The predicted octanol–water partition coefficient (Wildman–Crippen LogP) is 5.88. The lowest BCUT2D eigenvalue weighted by Gasteiger charge is -2.40. The molecule has 0 aliphatic carbocycles. The quantitative estimate of drug-likeness (QED) is 0.356. The first-order chi connectivity index (χ1) is 18.3. The van der Waals surface area contributed by atoms with Gasteiger partial charge in [0.15, 0.2) is 0 Å². The SMILES string of the molecule is CCOc1ccc(-c2nn(-c3ccccc3)cc2C=CC23NC(=O)CN2c2ccc(C)cc2C3(C)C)cc1. The summed E-state index contributed by atoms with van der Waals surface area (Å²) in [6.07, 6.45) is 6.31. The van der Waals surface area contributed by atoms with Crippen LogP contribution < -0.4 is 15.0 Å². The summed E-state index contributed by atoms with van der Waals surface area (Å²) in [7, 11) is 0. The Morgan fingerprint density at radius 3 is 2.55 bits per heavy atom. The molecule has 6 rings (SSSR count). The third kappa shape index (κ3) is 3.71. The smallest absolute Gasteiger partial charge is 0.241 e. The van der Waals surface area contributed by atoms with E-state index < -0.39 is 5.66 Å². The normalized spacial score (nSPS) is 19.5. The van der Waals surface area contributed by atoms with Gasteiger partial charge in [0.25, 0.3) is 0 Å². The Kier molecular flexibility index (Phi) is 5.64. The van der Waals surface area contributed by atoms with Crippen LogP contribution in [0.4, 0.5) is 5.69 Å². The van der Waals surface area contributed by atoms with Gasteiger partial charge in [-0.1, -0.05) is 55.8 Å². The Hall–Kier alpha value is -4.32. The zero-order valence-corrected chi connectivity index (χ0v) is 22.2. The fourth-order valence-corrected chi connectivity index (χ4v) is 5.82. The van der Waals surface area contributed by atoms with Crippen LogP contribution in [-0.2, 0) is 10.2 Å². The van der Waals surface area contributed by atoms with Crippen molar-refractivity contribution in [2.45, 2.75) is 38.8 Å². The number of ether oxygens (including phenoxy) is 1. The molecule has 3 aromatic carbocycles. The number of nitrogens with one attached hydrogen (secondary N) is 1. The molecule has 4 aromatic rings. The van der Waals surface area contributed by atoms with Crippen molar-refractivity contribution >= 4 is 17.7 Å². The Morgan fingerprint density at radius 1 is 1.05 bits per heavy atom. The molecule has 2 aliphatic heterocycles. The summed E-state index contributed by atoms with van der Waals surface area (Å²) in [6.45, 7) is 9.47. The summed E-state index contributed by atoms with van der Waals surface area (Å²) in [5.74, 6) is 0.862. The molecule has 1 unspecified atom stereocenters. The van der Waals surface area contributed by atoms with E-state index in [0.29, 0.717) is 13.2 Å². The van der Waals surface area contributed by atoms with Crippen LogP contribution in [0.1, 0.15) is 37.5 Å². The van der Waals surface area contributed by atoms with E-state index in [1.54, 1.807) is 0 Å². The van der Waals surface area contributed by atoms with Crippen LogP contribution in [0, 0.1) is 6.92 Å². The van der Waals surface area contributed by atoms with Crippen molar-refractivity contribution in [1.29, 1.82) is 0 Å². The van der Waals surface area contributed by atoms with Gasteiger partial charge >= 0.3 is 0 Å². The monoisotopic (exact) mass is 504 g/mol. The summed E-state index contributed by atoms with van der Waals surface area (Å²) in [6, 6.07) is 24.6. The van der Waals surface area contributed by atoms with Crippen LogP contribution in [0.5, 0.6) is 5.75 Å². The molecule has 0 saturated carbocycles. The third-order valence-corrected chi connectivity index (χ3v) is 7.83. The number of hydrogen-bond donors (Lipinski definition) is 1. The van der Waals surface area contributed by atoms with Gasteiger partial charge in [-0.2, -0.15) is 5.10 Å². The van der Waals surface area contributed by atoms with E-state index in [0.717, 1.165) is 33.9 Å². The van der Waals surface area contributed by atoms with Crippen molar-refractivity contribution in [3.8, 4) is 22.7 Å². The van der Waals surface area contributed by atoms with Gasteiger partial charge in [0.1, 0.15) is 11.4 Å². The Labute approximate surface area is 223 Å². The summed E-state index contributed by atoms with van der Waals surface area (Å²) >= 11 is 0. The standard InChI is InChI=1S/C32H32N4O2/c1-5-38-26-14-12-23(13-15-26)30-24(20-36(34-30)25-9-7-6-8-10-25)17-18-32-31(3,4)27-19-22(2)11-16-28(27)35(32)21-29(37)33-32/h6-20H,5,21H2,1-4H3,(H,33,37). The van der Waals surface area contributed by atoms with Crippen LogP contribution in [0.15, 0.2) is 85.1 Å². The second-order valence-electron chi connectivity index (χ2n) is 10.6. The molecule has 6 heteroatoms. The molecule has 38 heavy (non-hydrogen) atoms. The topological polar surface area (TPSA) is 59.4 Å². The minimum atomic E-state index is -0.675. The fourth-order valence-electron chi connectivity index (χ4n) is 5.82. The maximum atomic E-state index is 12.8. The first kappa shape index (κ1) is 24.0. The highest BCUT2D eigenvalue weighted by Crippen LogP contribution is 2.53. The largest absolute Gasteiger partial charge is 0.494 e. The highest BCUT2D eigenvalue weighted by atomic mass is 16.5. The molecule has 1 N–H and O–H groups in total. The summed E-state index contributed by atoms with van der Waals surface area (Å²) in [5, 5.41) is 8.31. The molecular weight excluding hydrogens is 472 g/mol. The number of fused-ring (bicyclic) bond motifs is 3. The van der Waals surface area contributed by atoms with E-state index in [-0.39, 0.29) is 11.3 Å². The Bertz CT molecular complexity index is 1540. The van der Waals surface area contributed by atoms with Crippen molar-refractivity contribution in [1.82, 2.24) is 15.1 Å². The summed E-state index contributed by atoms with van der Waals surface area (Å²) in [4.78, 5) is 15.0. The molecule has 0 radical (unpaired) electrons. The first-order valence-electron chi connectivity index (χ1n) is 13.1. The zero-order valence-electron chi connectivity index (χ0n) is 22.2. The molecule has 1 saturated heterocycles. The van der Waals surface area contributed by atoms with Gasteiger partial charge < -0.3 is 15.0 Å². The maximum Gasteiger partial charge on any atom is 0.241 e. The van der Waals surface area contributed by atoms with Gasteiger partial charge in [-0.05, 0) is 68.0 Å². The second kappa shape index (κ2) is 8.91. The average Bonchev–Trinajstić information content (AvgIpc) is 3.54. The van der Waals surface area contributed by atoms with E-state index in [9.17, 15) is 4.79 Å². The zero-order chi connectivity index (χ0) is 26.5. The minimum absolute atomic E-state index is 0.0284. The van der Waals surface area contributed by atoms with Gasteiger partial charge in [-0.25, -0.2) is 4.68 Å². The summed E-state index contributed by atoms with van der Waals surface area (Å²) < 4.78 is 7.56. The Morgan fingerprint density at radius 2 is 1.82 bits per heavy atom. The number of benzene rings is 3. The number of aromatic nitrogens is 2. The van der Waals surface area contributed by atoms with Crippen LogP contribution in [0.2, 0.25) is 0 Å². The Balaban J connectivity index is 1.46. The first-order valence-corrected chi connectivity index (χ1v) is 13.1. The van der Waals surface area contributed by atoms with Crippen molar-refractivity contribution in [3.63, 3.8) is 0 Å². The van der Waals surface area contributed by atoms with Gasteiger partial charge in [0, 0.05) is 28.4 Å². The average molecular weight is 505 g/mol. The molecular formula is C32H32N4O2. The van der Waals surface area contributed by atoms with E-state index in [4.69, 9.17) is 9.84 Å². The van der Waals surface area contributed by atoms with Crippen molar-refractivity contribution in [3.05, 3.63) is 102 Å². The van der Waals surface area contributed by atoms with Crippen LogP contribution in [0.25, 0.3) is 23.0 Å². The molecule has 0 spiro atoms. The van der Waals surface area contributed by atoms with Crippen molar-refractivity contribution in [2.24, 2.45) is 0 Å². The number of rotatable bonds is 6. The molecule has 3 heterocycles. The van der Waals surface area contributed by atoms with Crippen LogP contribution in [-0.4, -0.2) is 34.5 Å². The van der Waals surface area contributed by atoms with E-state index >= 15 is 0 Å². The van der Waals surface area contributed by atoms with Crippen molar-refractivity contribution in [2.75, 3.05) is 18.1 Å². The minimum Gasteiger partial charge on any atom is -0.494 e. The molecule has 2 aliphatic rings. The van der Waals surface area contributed by atoms with Gasteiger partial charge in [-0.3, -0.25) is 4.79 Å². The van der Waals surface area contributed by atoms with E-state index in [2.05, 4.69) is 67.5 Å². The fraction of sp³-hybridized carbons (Fsp3) is 0.250. The molecule has 192 valence electrons. The van der Waals surface area contributed by atoms with Crippen molar-refractivity contribution < 1.29 is 9.53 Å². The third-order valence-electron chi connectivity index (χ3n) is 7.83. The number of hydrogen-bond acceptors (Lipinski definition) is 4. The number of nitrogens with zero attached hydrogens (tertiary/aromatic N) is 3. The molecule has 1 amide bonds. The number of aryl methyl sites for hydroxylation is 1. The second-order valence-corrected chi connectivity index (χ2v) is 10.6. The highest BCUT2D eigenvalue weighted by molar-refractivity contribution is 5.92. The lowest BCUT2D eigenvalue weighted by molar-refractivity contribution is -0.118. The number of carbonyl (C=O) groups excluding carboxylic acids is 1. The van der Waals surface area contributed by atoms with Gasteiger partial charge in [-0.15, -0.1) is 0 Å². The van der Waals surface area contributed by atoms with E-state index in [1.807, 2.05) is 66.2 Å². The lowest BCUT2D eigenvalue weighted by atomic mass is 9.75. The molecule has 1 aromatic heterocycles. The molecule has 0 bridgehead atoms. The maximum absolute atomic E-state index is 12.8. The number of carbonyl (C=O) groups is 1. The van der Waals surface area contributed by atoms with Crippen LogP contribution in [0.3, 0.4) is 0 Å². The highest BCUT2D eigenvalue weighted by Gasteiger charge is 2.59. The summed E-state index contributed by atoms with van der Waals surface area (Å²) in [5.41, 5.74) is 6.36. The van der Waals surface area contributed by atoms with E-state index in [1.165, 1.54) is 11.1 Å². The van der Waals surface area contributed by atoms with Gasteiger partial charge in [0.2, 0.25) is 5.91 Å². The number of amides is 1. The number of para-hydroxylation sites is 1. The molecule has 6 nitrogen and oxygen atoms in total. The molecule has 1 fully saturated rings. The molecule has 1 atom stereocenters. The van der Waals surface area contributed by atoms with Gasteiger partial charge in [0.05, 0.1) is 24.5 Å². The van der Waals surface area contributed by atoms with Crippen LogP contribution >= 0.6 is 0 Å². The predicted molar refractivity (Wildman–Crippen MR) is 152 cm³/mol.